The Balaban J connectivity index is 1.35. The smallest absolute Gasteiger partial charge is 0.263 e. The van der Waals surface area contributed by atoms with E-state index in [4.69, 9.17) is 32.7 Å². The molecular weight excluding hydrogens is 465 g/mol. The summed E-state index contributed by atoms with van der Waals surface area (Å²) in [5.74, 6) is 0.900. The van der Waals surface area contributed by atoms with Crippen LogP contribution >= 0.6 is 23.2 Å². The lowest BCUT2D eigenvalue weighted by Crippen LogP contribution is -2.53. The third kappa shape index (κ3) is 7.81. The molecule has 1 aliphatic rings. The summed E-state index contributed by atoms with van der Waals surface area (Å²) in [7, 11) is 0. The van der Waals surface area contributed by atoms with Crippen LogP contribution in [0.4, 0.5) is 0 Å². The second kappa shape index (κ2) is 12.1. The first kappa shape index (κ1) is 25.1. The highest BCUT2D eigenvalue weighted by Crippen LogP contribution is 2.20. The first-order valence-corrected chi connectivity index (χ1v) is 11.7. The highest BCUT2D eigenvalue weighted by molar-refractivity contribution is 6.31. The number of halogens is 2. The molecule has 0 saturated carbocycles. The fourth-order valence-corrected chi connectivity index (χ4v) is 3.88. The lowest BCUT2D eigenvalue weighted by atomic mass is 10.2. The Labute approximate surface area is 204 Å². The zero-order valence-electron chi connectivity index (χ0n) is 18.8. The van der Waals surface area contributed by atoms with Crippen LogP contribution in [0.15, 0.2) is 48.5 Å². The molecule has 2 atom stereocenters. The molecule has 3 rings (SSSR count). The van der Waals surface area contributed by atoms with E-state index in [0.717, 1.165) is 13.1 Å². The van der Waals surface area contributed by atoms with Gasteiger partial charge in [-0.1, -0.05) is 35.3 Å². The van der Waals surface area contributed by atoms with Gasteiger partial charge in [-0.05, 0) is 50.2 Å². The topological polar surface area (TPSA) is 71.1 Å². The van der Waals surface area contributed by atoms with E-state index in [1.54, 1.807) is 62.4 Å². The second-order valence-electron chi connectivity index (χ2n) is 7.89. The molecule has 2 aromatic carbocycles. The fourth-order valence-electron chi connectivity index (χ4n) is 3.52. The molecule has 178 valence electrons. The van der Waals surface area contributed by atoms with E-state index < -0.39 is 12.2 Å². The van der Waals surface area contributed by atoms with Crippen LogP contribution in [0.5, 0.6) is 11.5 Å². The molecule has 1 fully saturated rings. The first-order chi connectivity index (χ1) is 15.8. The number of nitrogens with zero attached hydrogens (tertiary/aromatic N) is 2. The standard InChI is InChI=1S/C24H29Cl2N3O4/c1-17(32-21-7-3-5-19(25)15-21)23(30)27-9-10-28-11-13-29(14-12-28)24(31)18(2)33-22-8-4-6-20(26)16-22/h3-8,15-18H,9-14H2,1-2H3,(H,27,30). The van der Waals surface area contributed by atoms with Crippen molar-refractivity contribution >= 4 is 35.0 Å². The molecule has 1 saturated heterocycles. The maximum absolute atomic E-state index is 12.7. The lowest BCUT2D eigenvalue weighted by Gasteiger charge is -2.35. The molecular formula is C24H29Cl2N3O4. The average Bonchev–Trinajstić information content (AvgIpc) is 2.79. The third-order valence-corrected chi connectivity index (χ3v) is 5.82. The van der Waals surface area contributed by atoms with Crippen molar-refractivity contribution in [1.82, 2.24) is 15.1 Å². The molecule has 1 heterocycles. The number of hydrogen-bond acceptors (Lipinski definition) is 5. The number of ether oxygens (including phenoxy) is 2. The zero-order valence-corrected chi connectivity index (χ0v) is 20.3. The number of carbonyl (C=O) groups is 2. The molecule has 33 heavy (non-hydrogen) atoms. The number of rotatable bonds is 9. The van der Waals surface area contributed by atoms with E-state index in [1.807, 2.05) is 4.90 Å². The molecule has 0 bridgehead atoms. The number of nitrogens with one attached hydrogen (secondary N) is 1. The van der Waals surface area contributed by atoms with Crippen molar-refractivity contribution in [2.24, 2.45) is 0 Å². The molecule has 0 spiro atoms. The van der Waals surface area contributed by atoms with Gasteiger partial charge in [-0.2, -0.15) is 0 Å². The molecule has 2 unspecified atom stereocenters. The normalized spacial score (nSPS) is 16.1. The van der Waals surface area contributed by atoms with Crippen LogP contribution in [0.2, 0.25) is 10.0 Å². The van der Waals surface area contributed by atoms with Crippen molar-refractivity contribution < 1.29 is 19.1 Å². The maximum Gasteiger partial charge on any atom is 0.263 e. The second-order valence-corrected chi connectivity index (χ2v) is 8.77. The van der Waals surface area contributed by atoms with Crippen molar-refractivity contribution in [3.05, 3.63) is 58.6 Å². The number of carbonyl (C=O) groups excluding carboxylic acids is 2. The van der Waals surface area contributed by atoms with Crippen LogP contribution < -0.4 is 14.8 Å². The van der Waals surface area contributed by atoms with Crippen LogP contribution in [0.1, 0.15) is 13.8 Å². The number of amides is 2. The Morgan fingerprint density at radius 2 is 1.45 bits per heavy atom. The predicted molar refractivity (Wildman–Crippen MR) is 129 cm³/mol. The lowest BCUT2D eigenvalue weighted by molar-refractivity contribution is -0.139. The van der Waals surface area contributed by atoms with Crippen LogP contribution in [-0.4, -0.2) is 73.1 Å². The fraction of sp³-hybridized carbons (Fsp3) is 0.417. The van der Waals surface area contributed by atoms with Gasteiger partial charge in [-0.25, -0.2) is 0 Å². The molecule has 0 aromatic heterocycles. The quantitative estimate of drug-likeness (QED) is 0.578. The van der Waals surface area contributed by atoms with Gasteiger partial charge in [-0.3, -0.25) is 14.5 Å². The summed E-state index contributed by atoms with van der Waals surface area (Å²) in [4.78, 5) is 29.0. The minimum Gasteiger partial charge on any atom is -0.481 e. The van der Waals surface area contributed by atoms with Gasteiger partial charge < -0.3 is 19.7 Å². The summed E-state index contributed by atoms with van der Waals surface area (Å²) in [5.41, 5.74) is 0. The Morgan fingerprint density at radius 3 is 2.00 bits per heavy atom. The third-order valence-electron chi connectivity index (χ3n) is 5.35. The van der Waals surface area contributed by atoms with Crippen LogP contribution in [0.25, 0.3) is 0 Å². The summed E-state index contributed by atoms with van der Waals surface area (Å²) in [6.07, 6.45) is -1.21. The van der Waals surface area contributed by atoms with Crippen molar-refractivity contribution in [3.8, 4) is 11.5 Å². The summed E-state index contributed by atoms with van der Waals surface area (Å²) in [6, 6.07) is 14.0. The molecule has 1 N–H and O–H groups in total. The van der Waals surface area contributed by atoms with Gasteiger partial charge in [0.15, 0.2) is 12.2 Å². The van der Waals surface area contributed by atoms with Gasteiger partial charge in [0.1, 0.15) is 11.5 Å². The van der Waals surface area contributed by atoms with Gasteiger partial charge in [0.25, 0.3) is 11.8 Å². The molecule has 0 aliphatic carbocycles. The molecule has 2 amide bonds. The zero-order chi connectivity index (χ0) is 23.8. The van der Waals surface area contributed by atoms with Crippen molar-refractivity contribution in [1.29, 1.82) is 0 Å². The summed E-state index contributed by atoms with van der Waals surface area (Å²) < 4.78 is 11.4. The Bertz CT molecular complexity index is 948. The van der Waals surface area contributed by atoms with E-state index in [1.165, 1.54) is 0 Å². The Kier molecular flexibility index (Phi) is 9.23. The molecule has 0 radical (unpaired) electrons. The summed E-state index contributed by atoms with van der Waals surface area (Å²) in [5, 5.41) is 4.03. The van der Waals surface area contributed by atoms with Crippen molar-refractivity contribution in [2.75, 3.05) is 39.3 Å². The average molecular weight is 494 g/mol. The SMILES string of the molecule is CC(Oc1cccc(Cl)c1)C(=O)NCCN1CCN(C(=O)C(C)Oc2cccc(Cl)c2)CC1. The van der Waals surface area contributed by atoms with E-state index in [0.29, 0.717) is 47.7 Å². The molecule has 9 heteroatoms. The Morgan fingerprint density at radius 1 is 0.909 bits per heavy atom. The van der Waals surface area contributed by atoms with Gasteiger partial charge in [0.05, 0.1) is 0 Å². The van der Waals surface area contributed by atoms with E-state index >= 15 is 0 Å². The monoisotopic (exact) mass is 493 g/mol. The van der Waals surface area contributed by atoms with Gasteiger partial charge in [-0.15, -0.1) is 0 Å². The number of benzene rings is 2. The Hall–Kier alpha value is -2.48. The van der Waals surface area contributed by atoms with E-state index in [9.17, 15) is 9.59 Å². The minimum atomic E-state index is -0.626. The molecule has 1 aliphatic heterocycles. The van der Waals surface area contributed by atoms with E-state index in [-0.39, 0.29) is 11.8 Å². The van der Waals surface area contributed by atoms with Gasteiger partial charge in [0, 0.05) is 49.3 Å². The number of hydrogen-bond donors (Lipinski definition) is 1. The van der Waals surface area contributed by atoms with Crippen LogP contribution in [0.3, 0.4) is 0 Å². The largest absolute Gasteiger partial charge is 0.481 e. The van der Waals surface area contributed by atoms with Gasteiger partial charge in [0.2, 0.25) is 0 Å². The summed E-state index contributed by atoms with van der Waals surface area (Å²) in [6.45, 7) is 7.36. The van der Waals surface area contributed by atoms with Crippen LogP contribution in [0, 0.1) is 0 Å². The van der Waals surface area contributed by atoms with Crippen molar-refractivity contribution in [3.63, 3.8) is 0 Å². The van der Waals surface area contributed by atoms with Crippen LogP contribution in [-0.2, 0) is 9.59 Å². The molecule has 2 aromatic rings. The number of piperazine rings is 1. The minimum absolute atomic E-state index is 0.0464. The van der Waals surface area contributed by atoms with Crippen molar-refractivity contribution in [2.45, 2.75) is 26.1 Å². The summed E-state index contributed by atoms with van der Waals surface area (Å²) >= 11 is 11.9. The first-order valence-electron chi connectivity index (χ1n) is 10.9. The highest BCUT2D eigenvalue weighted by atomic mass is 35.5. The van der Waals surface area contributed by atoms with Gasteiger partial charge >= 0.3 is 0 Å². The van der Waals surface area contributed by atoms with E-state index in [2.05, 4.69) is 10.2 Å². The predicted octanol–water partition coefficient (Wildman–Crippen LogP) is 3.49. The molecule has 7 nitrogen and oxygen atoms in total. The maximum atomic E-state index is 12.7. The highest BCUT2D eigenvalue weighted by Gasteiger charge is 2.26.